The van der Waals surface area contributed by atoms with Gasteiger partial charge in [-0.05, 0) is 30.5 Å². The molecule has 1 aromatic heterocycles. The third-order valence-electron chi connectivity index (χ3n) is 4.54. The molecule has 1 aliphatic carbocycles. The lowest BCUT2D eigenvalue weighted by Crippen LogP contribution is -2.33. The molecule has 1 saturated carbocycles. The number of benzene rings is 1. The Morgan fingerprint density at radius 2 is 1.96 bits per heavy atom. The maximum absolute atomic E-state index is 12.9. The molecule has 25 heavy (non-hydrogen) atoms. The summed E-state index contributed by atoms with van der Waals surface area (Å²) in [4.78, 5) is 12.1. The predicted molar refractivity (Wildman–Crippen MR) is 92.7 cm³/mol. The van der Waals surface area contributed by atoms with Gasteiger partial charge >= 0.3 is 6.03 Å². The zero-order chi connectivity index (χ0) is 17.6. The molecule has 2 aromatic rings. The van der Waals surface area contributed by atoms with E-state index >= 15 is 0 Å². The van der Waals surface area contributed by atoms with E-state index in [4.69, 9.17) is 0 Å². The van der Waals surface area contributed by atoms with Crippen LogP contribution in [-0.4, -0.2) is 27.5 Å². The molecule has 3 rings (SSSR count). The first kappa shape index (κ1) is 17.4. The second kappa shape index (κ2) is 8.11. The molecule has 7 heteroatoms. The highest BCUT2D eigenvalue weighted by molar-refractivity contribution is 5.88. The van der Waals surface area contributed by atoms with Crippen LogP contribution in [0.15, 0.2) is 36.5 Å². The number of aliphatic hydroxyl groups is 1. The minimum Gasteiger partial charge on any atom is -0.387 e. The molecular formula is C18H23FN4O2. The smallest absolute Gasteiger partial charge is 0.320 e. The molecule has 1 heterocycles. The van der Waals surface area contributed by atoms with E-state index in [1.54, 1.807) is 12.3 Å². The largest absolute Gasteiger partial charge is 0.387 e. The number of aromatic nitrogens is 2. The van der Waals surface area contributed by atoms with Crippen LogP contribution in [0.3, 0.4) is 0 Å². The summed E-state index contributed by atoms with van der Waals surface area (Å²) in [7, 11) is 0. The molecule has 1 atom stereocenters. The van der Waals surface area contributed by atoms with Gasteiger partial charge in [-0.25, -0.2) is 13.9 Å². The first-order valence-corrected chi connectivity index (χ1v) is 8.65. The Hall–Kier alpha value is -2.41. The van der Waals surface area contributed by atoms with Gasteiger partial charge < -0.3 is 10.4 Å². The SMILES string of the molecule is O=C(NCC(O)c1ccc(F)cc1)Nc1ccnn1C1CCCCC1. The van der Waals surface area contributed by atoms with E-state index in [9.17, 15) is 14.3 Å². The van der Waals surface area contributed by atoms with Crippen LogP contribution in [0.2, 0.25) is 0 Å². The van der Waals surface area contributed by atoms with Crippen LogP contribution in [0, 0.1) is 5.82 Å². The number of halogens is 1. The Morgan fingerprint density at radius 1 is 1.24 bits per heavy atom. The Labute approximate surface area is 146 Å². The number of carbonyl (C=O) groups excluding carboxylic acids is 1. The van der Waals surface area contributed by atoms with Gasteiger partial charge in [0.15, 0.2) is 0 Å². The second-order valence-corrected chi connectivity index (χ2v) is 6.36. The monoisotopic (exact) mass is 346 g/mol. The van der Waals surface area contributed by atoms with E-state index < -0.39 is 12.1 Å². The van der Waals surface area contributed by atoms with Gasteiger partial charge in [0.1, 0.15) is 11.6 Å². The summed E-state index contributed by atoms with van der Waals surface area (Å²) in [5.41, 5.74) is 0.550. The molecule has 1 unspecified atom stereocenters. The van der Waals surface area contributed by atoms with Crippen LogP contribution >= 0.6 is 0 Å². The summed E-state index contributed by atoms with van der Waals surface area (Å²) in [6, 6.07) is 7.24. The second-order valence-electron chi connectivity index (χ2n) is 6.36. The van der Waals surface area contributed by atoms with E-state index in [1.165, 1.54) is 43.5 Å². The van der Waals surface area contributed by atoms with Gasteiger partial charge in [0.05, 0.1) is 18.3 Å². The third-order valence-corrected chi connectivity index (χ3v) is 4.54. The molecule has 0 radical (unpaired) electrons. The molecule has 0 spiro atoms. The summed E-state index contributed by atoms with van der Waals surface area (Å²) < 4.78 is 14.8. The third kappa shape index (κ3) is 4.57. The van der Waals surface area contributed by atoms with E-state index in [0.717, 1.165) is 12.8 Å². The number of urea groups is 1. The van der Waals surface area contributed by atoms with Crippen LogP contribution in [0.1, 0.15) is 49.8 Å². The Kier molecular flexibility index (Phi) is 5.65. The minimum atomic E-state index is -0.894. The number of hydrogen-bond donors (Lipinski definition) is 3. The molecule has 6 nitrogen and oxygen atoms in total. The lowest BCUT2D eigenvalue weighted by molar-refractivity contribution is 0.175. The van der Waals surface area contributed by atoms with Crippen molar-refractivity contribution in [2.45, 2.75) is 44.2 Å². The molecule has 3 N–H and O–H groups in total. The van der Waals surface area contributed by atoms with Crippen LogP contribution in [0.4, 0.5) is 15.0 Å². The van der Waals surface area contributed by atoms with Crippen LogP contribution < -0.4 is 10.6 Å². The van der Waals surface area contributed by atoms with Crippen molar-refractivity contribution < 1.29 is 14.3 Å². The lowest BCUT2D eigenvalue weighted by atomic mass is 9.96. The number of amides is 2. The topological polar surface area (TPSA) is 79.2 Å². The summed E-state index contributed by atoms with van der Waals surface area (Å²) in [6.07, 6.45) is 6.54. The number of nitrogens with one attached hydrogen (secondary N) is 2. The lowest BCUT2D eigenvalue weighted by Gasteiger charge is -2.24. The van der Waals surface area contributed by atoms with Crippen molar-refractivity contribution >= 4 is 11.8 Å². The van der Waals surface area contributed by atoms with Crippen molar-refractivity contribution in [3.8, 4) is 0 Å². The number of anilines is 1. The highest BCUT2D eigenvalue weighted by Gasteiger charge is 2.19. The van der Waals surface area contributed by atoms with Crippen molar-refractivity contribution in [2.75, 3.05) is 11.9 Å². The van der Waals surface area contributed by atoms with Gasteiger partial charge in [-0.2, -0.15) is 5.10 Å². The average Bonchev–Trinajstić information content (AvgIpc) is 3.09. The van der Waals surface area contributed by atoms with E-state index in [1.807, 2.05) is 4.68 Å². The molecular weight excluding hydrogens is 323 g/mol. The summed E-state index contributed by atoms with van der Waals surface area (Å²) in [6.45, 7) is 0.0367. The molecule has 1 fully saturated rings. The van der Waals surface area contributed by atoms with E-state index in [0.29, 0.717) is 17.4 Å². The molecule has 0 saturated heterocycles. The van der Waals surface area contributed by atoms with Gasteiger partial charge in [-0.1, -0.05) is 31.4 Å². The highest BCUT2D eigenvalue weighted by atomic mass is 19.1. The summed E-state index contributed by atoms with van der Waals surface area (Å²) in [5, 5.41) is 19.8. The van der Waals surface area contributed by atoms with Gasteiger partial charge in [-0.15, -0.1) is 0 Å². The Morgan fingerprint density at radius 3 is 2.68 bits per heavy atom. The zero-order valence-corrected chi connectivity index (χ0v) is 14.0. The molecule has 1 aromatic carbocycles. The summed E-state index contributed by atoms with van der Waals surface area (Å²) >= 11 is 0. The van der Waals surface area contributed by atoms with Crippen molar-refractivity contribution in [3.63, 3.8) is 0 Å². The first-order valence-electron chi connectivity index (χ1n) is 8.65. The molecule has 0 aliphatic heterocycles. The number of rotatable bonds is 5. The molecule has 1 aliphatic rings. The Bertz CT molecular complexity index is 695. The van der Waals surface area contributed by atoms with E-state index in [-0.39, 0.29) is 12.4 Å². The van der Waals surface area contributed by atoms with Crippen molar-refractivity contribution in [1.29, 1.82) is 0 Å². The molecule has 2 amide bonds. The van der Waals surface area contributed by atoms with Crippen molar-refractivity contribution in [3.05, 3.63) is 47.9 Å². The van der Waals surface area contributed by atoms with Gasteiger partial charge in [0.2, 0.25) is 0 Å². The fraction of sp³-hybridized carbons (Fsp3) is 0.444. The normalized spacial score (nSPS) is 16.4. The maximum atomic E-state index is 12.9. The zero-order valence-electron chi connectivity index (χ0n) is 14.0. The van der Waals surface area contributed by atoms with Crippen LogP contribution in [0.5, 0.6) is 0 Å². The van der Waals surface area contributed by atoms with Crippen molar-refractivity contribution in [2.24, 2.45) is 0 Å². The Balaban J connectivity index is 1.53. The fourth-order valence-electron chi connectivity index (χ4n) is 3.18. The quantitative estimate of drug-likeness (QED) is 0.776. The number of nitrogens with zero attached hydrogens (tertiary/aromatic N) is 2. The summed E-state index contributed by atoms with van der Waals surface area (Å²) in [5.74, 6) is 0.290. The number of aliphatic hydroxyl groups excluding tert-OH is 1. The van der Waals surface area contributed by atoms with Crippen LogP contribution in [-0.2, 0) is 0 Å². The average molecular weight is 346 g/mol. The standard InChI is InChI=1S/C18H23FN4O2/c19-14-8-6-13(7-9-14)16(24)12-20-18(25)22-17-10-11-21-23(17)15-4-2-1-3-5-15/h6-11,15-16,24H,1-5,12H2,(H2,20,22,25). The maximum Gasteiger partial charge on any atom is 0.320 e. The van der Waals surface area contributed by atoms with Gasteiger partial charge in [-0.3, -0.25) is 5.32 Å². The molecule has 134 valence electrons. The van der Waals surface area contributed by atoms with E-state index in [2.05, 4.69) is 15.7 Å². The van der Waals surface area contributed by atoms with Gasteiger partial charge in [0, 0.05) is 12.6 Å². The number of hydrogen-bond acceptors (Lipinski definition) is 3. The fourth-order valence-corrected chi connectivity index (χ4v) is 3.18. The first-order chi connectivity index (χ1) is 12.1. The van der Waals surface area contributed by atoms with Crippen molar-refractivity contribution in [1.82, 2.24) is 15.1 Å². The number of carbonyl (C=O) groups is 1. The van der Waals surface area contributed by atoms with Crippen LogP contribution in [0.25, 0.3) is 0 Å². The highest BCUT2D eigenvalue weighted by Crippen LogP contribution is 2.29. The predicted octanol–water partition coefficient (Wildman–Crippen LogP) is 3.38. The minimum absolute atomic E-state index is 0.0367. The molecule has 0 bridgehead atoms. The van der Waals surface area contributed by atoms with Gasteiger partial charge in [0.25, 0.3) is 0 Å².